The van der Waals surface area contributed by atoms with Crippen molar-refractivity contribution in [3.8, 4) is 5.75 Å². The number of amides is 1. The first-order valence-corrected chi connectivity index (χ1v) is 9.30. The molecule has 1 aliphatic rings. The van der Waals surface area contributed by atoms with E-state index in [-0.39, 0.29) is 42.0 Å². The molecular formula is C19H26N2O6. The predicted molar refractivity (Wildman–Crippen MR) is 98.6 cm³/mol. The molecule has 0 saturated heterocycles. The molecule has 27 heavy (non-hydrogen) atoms. The lowest BCUT2D eigenvalue weighted by atomic mass is 9.93. The van der Waals surface area contributed by atoms with E-state index >= 15 is 0 Å². The maximum atomic E-state index is 12.5. The Bertz CT molecular complexity index is 670. The third-order valence-corrected chi connectivity index (χ3v) is 4.79. The first-order valence-electron chi connectivity index (χ1n) is 9.30. The molecule has 1 atom stereocenters. The van der Waals surface area contributed by atoms with Crippen LogP contribution >= 0.6 is 0 Å². The second kappa shape index (κ2) is 10.0. The van der Waals surface area contributed by atoms with Crippen molar-refractivity contribution in [2.45, 2.75) is 64.1 Å². The molecule has 0 aromatic heterocycles. The average Bonchev–Trinajstić information content (AvgIpc) is 2.65. The van der Waals surface area contributed by atoms with Crippen LogP contribution in [0.4, 0.5) is 5.69 Å². The Morgan fingerprint density at radius 2 is 2.11 bits per heavy atom. The summed E-state index contributed by atoms with van der Waals surface area (Å²) in [5, 5.41) is 21.2. The predicted octanol–water partition coefficient (Wildman–Crippen LogP) is 3.07. The Labute approximate surface area is 158 Å². The van der Waals surface area contributed by atoms with Gasteiger partial charge in [0.1, 0.15) is 6.23 Å². The molecular weight excluding hydrogens is 352 g/mol. The van der Waals surface area contributed by atoms with Crippen LogP contribution in [0.5, 0.6) is 5.75 Å². The van der Waals surface area contributed by atoms with Crippen LogP contribution in [-0.4, -0.2) is 46.0 Å². The van der Waals surface area contributed by atoms with Gasteiger partial charge in [-0.25, -0.2) is 0 Å². The molecule has 1 aromatic rings. The molecule has 1 aromatic carbocycles. The topological polar surface area (TPSA) is 110 Å². The van der Waals surface area contributed by atoms with Gasteiger partial charge in [0.15, 0.2) is 12.0 Å². The number of nitro groups is 1. The number of aliphatic hydroxyl groups is 1. The van der Waals surface area contributed by atoms with Crippen molar-refractivity contribution in [1.82, 2.24) is 4.90 Å². The first kappa shape index (κ1) is 20.8. The molecule has 8 heteroatoms. The Kier molecular flexibility index (Phi) is 7.72. The van der Waals surface area contributed by atoms with Crippen molar-refractivity contribution < 1.29 is 24.4 Å². The Hall–Kier alpha value is -2.48. The van der Waals surface area contributed by atoms with Crippen LogP contribution in [0.25, 0.3) is 0 Å². The Balaban J connectivity index is 1.91. The van der Waals surface area contributed by atoms with Gasteiger partial charge < -0.3 is 14.7 Å². The summed E-state index contributed by atoms with van der Waals surface area (Å²) in [5.74, 6) is -0.131. The number of para-hydroxylation sites is 1. The number of aldehydes is 1. The normalized spacial score (nSPS) is 15.8. The fourth-order valence-electron chi connectivity index (χ4n) is 3.56. The van der Waals surface area contributed by atoms with Crippen LogP contribution in [0.15, 0.2) is 18.2 Å². The Morgan fingerprint density at radius 3 is 2.70 bits per heavy atom. The van der Waals surface area contributed by atoms with Gasteiger partial charge in [0.25, 0.3) is 0 Å². The molecule has 1 unspecified atom stereocenters. The van der Waals surface area contributed by atoms with Gasteiger partial charge in [-0.2, -0.15) is 0 Å². The number of carbonyl (C=O) groups is 2. The first-order chi connectivity index (χ1) is 13.0. The van der Waals surface area contributed by atoms with Crippen molar-refractivity contribution in [3.05, 3.63) is 33.9 Å². The van der Waals surface area contributed by atoms with E-state index in [4.69, 9.17) is 4.74 Å². The largest absolute Gasteiger partial charge is 0.487 e. The molecule has 1 fully saturated rings. The van der Waals surface area contributed by atoms with Crippen LogP contribution < -0.4 is 4.74 Å². The summed E-state index contributed by atoms with van der Waals surface area (Å²) in [7, 11) is 0. The minimum absolute atomic E-state index is 0.0108. The van der Waals surface area contributed by atoms with Crippen LogP contribution in [0, 0.1) is 10.1 Å². The van der Waals surface area contributed by atoms with Gasteiger partial charge in [-0.05, 0) is 38.3 Å². The highest BCUT2D eigenvalue weighted by atomic mass is 16.6. The zero-order valence-electron chi connectivity index (χ0n) is 15.5. The minimum Gasteiger partial charge on any atom is -0.487 e. The van der Waals surface area contributed by atoms with Crippen molar-refractivity contribution in [1.29, 1.82) is 0 Å². The third-order valence-electron chi connectivity index (χ3n) is 4.79. The van der Waals surface area contributed by atoms with E-state index in [0.717, 1.165) is 32.1 Å². The van der Waals surface area contributed by atoms with E-state index in [1.807, 2.05) is 0 Å². The Morgan fingerprint density at radius 1 is 1.41 bits per heavy atom. The molecule has 8 nitrogen and oxygen atoms in total. The second-order valence-electron chi connectivity index (χ2n) is 6.75. The van der Waals surface area contributed by atoms with Crippen LogP contribution in [-0.2, 0) is 4.79 Å². The number of benzene rings is 1. The molecule has 148 valence electrons. The van der Waals surface area contributed by atoms with E-state index in [1.54, 1.807) is 11.8 Å². The zero-order valence-corrected chi connectivity index (χ0v) is 15.5. The lowest BCUT2D eigenvalue weighted by Gasteiger charge is -2.36. The van der Waals surface area contributed by atoms with Gasteiger partial charge >= 0.3 is 5.69 Å². The van der Waals surface area contributed by atoms with E-state index in [0.29, 0.717) is 12.7 Å². The molecule has 1 saturated carbocycles. The molecule has 0 aliphatic heterocycles. The maximum absolute atomic E-state index is 12.5. The quantitative estimate of drug-likeness (QED) is 0.232. The summed E-state index contributed by atoms with van der Waals surface area (Å²) in [6, 6.07) is 4.36. The standard InChI is InChI=1S/C19H26N2O6/c1-14(23)20(16-8-3-2-4-9-16)18(24)11-6-12-27-17-10-5-7-15(13-22)19(17)21(25)26/h5,7,10,13-14,16,23H,2-4,6,8-9,11-12H2,1H3. The number of hydrogen-bond donors (Lipinski definition) is 1. The molecule has 0 spiro atoms. The smallest absolute Gasteiger partial charge is 0.321 e. The highest BCUT2D eigenvalue weighted by Gasteiger charge is 2.28. The average molecular weight is 378 g/mol. The molecule has 0 radical (unpaired) electrons. The molecule has 0 bridgehead atoms. The van der Waals surface area contributed by atoms with Gasteiger partial charge in [-0.1, -0.05) is 25.3 Å². The monoisotopic (exact) mass is 378 g/mol. The lowest BCUT2D eigenvalue weighted by molar-refractivity contribution is -0.386. The van der Waals surface area contributed by atoms with Crippen molar-refractivity contribution in [2.75, 3.05) is 6.61 Å². The van der Waals surface area contributed by atoms with Crippen LogP contribution in [0.3, 0.4) is 0 Å². The van der Waals surface area contributed by atoms with Crippen molar-refractivity contribution in [2.24, 2.45) is 0 Å². The van der Waals surface area contributed by atoms with Gasteiger partial charge in [0, 0.05) is 12.5 Å². The SMILES string of the molecule is CC(O)N(C(=O)CCCOc1cccc(C=O)c1[N+](=O)[O-])C1CCCCC1. The van der Waals surface area contributed by atoms with Gasteiger partial charge in [-0.15, -0.1) is 0 Å². The zero-order chi connectivity index (χ0) is 19.8. The van der Waals surface area contributed by atoms with E-state index in [2.05, 4.69) is 0 Å². The number of carbonyl (C=O) groups excluding carboxylic acids is 2. The summed E-state index contributed by atoms with van der Waals surface area (Å²) >= 11 is 0. The lowest BCUT2D eigenvalue weighted by Crippen LogP contribution is -2.46. The third kappa shape index (κ3) is 5.50. The summed E-state index contributed by atoms with van der Waals surface area (Å²) in [6.45, 7) is 1.70. The van der Waals surface area contributed by atoms with E-state index in [9.17, 15) is 24.8 Å². The number of nitro benzene ring substituents is 1. The molecule has 1 N–H and O–H groups in total. The number of nitrogens with zero attached hydrogens (tertiary/aromatic N) is 2. The van der Waals surface area contributed by atoms with Gasteiger partial charge in [0.05, 0.1) is 17.1 Å². The molecule has 0 heterocycles. The highest BCUT2D eigenvalue weighted by Crippen LogP contribution is 2.30. The molecule has 1 amide bonds. The van der Waals surface area contributed by atoms with Crippen molar-refractivity contribution >= 4 is 17.9 Å². The van der Waals surface area contributed by atoms with Crippen LogP contribution in [0.1, 0.15) is 62.2 Å². The van der Waals surface area contributed by atoms with E-state index in [1.165, 1.54) is 18.2 Å². The fraction of sp³-hybridized carbons (Fsp3) is 0.579. The fourth-order valence-corrected chi connectivity index (χ4v) is 3.56. The number of rotatable bonds is 9. The molecule has 1 aliphatic carbocycles. The summed E-state index contributed by atoms with van der Waals surface area (Å²) < 4.78 is 5.44. The van der Waals surface area contributed by atoms with E-state index < -0.39 is 11.2 Å². The van der Waals surface area contributed by atoms with Crippen LogP contribution in [0.2, 0.25) is 0 Å². The second-order valence-corrected chi connectivity index (χ2v) is 6.75. The molecule has 2 rings (SSSR count). The summed E-state index contributed by atoms with van der Waals surface area (Å²) in [6.07, 6.45) is 5.19. The number of ether oxygens (including phenoxy) is 1. The number of hydrogen-bond acceptors (Lipinski definition) is 6. The van der Waals surface area contributed by atoms with Gasteiger partial charge in [0.2, 0.25) is 5.91 Å². The maximum Gasteiger partial charge on any atom is 0.321 e. The summed E-state index contributed by atoms with van der Waals surface area (Å²) in [5.41, 5.74) is -0.419. The van der Waals surface area contributed by atoms with Crippen molar-refractivity contribution in [3.63, 3.8) is 0 Å². The number of aliphatic hydroxyl groups excluding tert-OH is 1. The minimum atomic E-state index is -0.841. The summed E-state index contributed by atoms with van der Waals surface area (Å²) in [4.78, 5) is 35.5. The highest BCUT2D eigenvalue weighted by molar-refractivity contribution is 5.83. The van der Waals surface area contributed by atoms with Gasteiger partial charge in [-0.3, -0.25) is 19.7 Å².